The van der Waals surface area contributed by atoms with Gasteiger partial charge < -0.3 is 5.32 Å². The summed E-state index contributed by atoms with van der Waals surface area (Å²) in [6, 6.07) is 14.2. The lowest BCUT2D eigenvalue weighted by molar-refractivity contribution is 1.17. The molecule has 24 heavy (non-hydrogen) atoms. The predicted molar refractivity (Wildman–Crippen MR) is 106 cm³/mol. The summed E-state index contributed by atoms with van der Waals surface area (Å²) >= 11 is 1.61. The van der Waals surface area contributed by atoms with Gasteiger partial charge in [-0.1, -0.05) is 24.3 Å². The second-order valence-corrected chi connectivity index (χ2v) is 6.31. The van der Waals surface area contributed by atoms with Crippen molar-refractivity contribution in [2.45, 2.75) is 13.8 Å². The fourth-order valence-corrected chi connectivity index (χ4v) is 3.40. The summed E-state index contributed by atoms with van der Waals surface area (Å²) in [5.74, 6) is 0. The molecule has 3 heterocycles. The molecular formula is C18H17BrN4S. The monoisotopic (exact) mass is 400 g/mol. The maximum absolute atomic E-state index is 4.75. The van der Waals surface area contributed by atoms with Crippen molar-refractivity contribution < 1.29 is 0 Å². The topological polar surface area (TPSA) is 42.2 Å². The van der Waals surface area contributed by atoms with E-state index in [4.69, 9.17) is 4.98 Å². The SMILES string of the molecule is Br.Cc1ccccc1Nc1nc(-c2c(C)nc3ccccn23)cs1. The van der Waals surface area contributed by atoms with E-state index in [1.54, 1.807) is 11.3 Å². The average Bonchev–Trinajstić information content (AvgIpc) is 3.12. The van der Waals surface area contributed by atoms with Gasteiger partial charge in [-0.05, 0) is 37.6 Å². The zero-order valence-electron chi connectivity index (χ0n) is 13.4. The molecule has 0 atom stereocenters. The van der Waals surface area contributed by atoms with E-state index in [9.17, 15) is 0 Å². The number of thiazole rings is 1. The first-order valence-electron chi connectivity index (χ1n) is 7.44. The quantitative estimate of drug-likeness (QED) is 0.500. The van der Waals surface area contributed by atoms with Crippen LogP contribution in [-0.2, 0) is 0 Å². The first-order chi connectivity index (χ1) is 11.2. The predicted octanol–water partition coefficient (Wildman–Crippen LogP) is 5.40. The minimum absolute atomic E-state index is 0. The number of halogens is 1. The van der Waals surface area contributed by atoms with Gasteiger partial charge >= 0.3 is 0 Å². The summed E-state index contributed by atoms with van der Waals surface area (Å²) in [5.41, 5.74) is 6.22. The number of rotatable bonds is 3. The van der Waals surface area contributed by atoms with E-state index in [-0.39, 0.29) is 17.0 Å². The molecule has 0 amide bonds. The van der Waals surface area contributed by atoms with Crippen molar-refractivity contribution in [3.8, 4) is 11.4 Å². The highest BCUT2D eigenvalue weighted by Gasteiger charge is 2.14. The number of pyridine rings is 1. The second kappa shape index (κ2) is 6.75. The lowest BCUT2D eigenvalue weighted by Gasteiger charge is -2.05. The van der Waals surface area contributed by atoms with Crippen LogP contribution in [-0.4, -0.2) is 14.4 Å². The fourth-order valence-electron chi connectivity index (χ4n) is 2.69. The summed E-state index contributed by atoms with van der Waals surface area (Å²) < 4.78 is 2.09. The molecule has 0 aliphatic rings. The Morgan fingerprint density at radius 1 is 1.00 bits per heavy atom. The van der Waals surface area contributed by atoms with E-state index >= 15 is 0 Å². The van der Waals surface area contributed by atoms with E-state index in [1.165, 1.54) is 5.56 Å². The molecule has 0 fully saturated rings. The van der Waals surface area contributed by atoms with Gasteiger partial charge in [0.2, 0.25) is 0 Å². The number of nitrogens with zero attached hydrogens (tertiary/aromatic N) is 3. The number of para-hydroxylation sites is 1. The van der Waals surface area contributed by atoms with Crippen LogP contribution in [0.5, 0.6) is 0 Å². The number of fused-ring (bicyclic) bond motifs is 1. The molecule has 1 aromatic carbocycles. The lowest BCUT2D eigenvalue weighted by Crippen LogP contribution is -1.93. The Labute approximate surface area is 155 Å². The summed E-state index contributed by atoms with van der Waals surface area (Å²) in [5, 5.41) is 6.36. The third kappa shape index (κ3) is 2.95. The highest BCUT2D eigenvalue weighted by molar-refractivity contribution is 8.93. The zero-order chi connectivity index (χ0) is 15.8. The van der Waals surface area contributed by atoms with Crippen LogP contribution >= 0.6 is 28.3 Å². The fraction of sp³-hybridized carbons (Fsp3) is 0.111. The first kappa shape index (κ1) is 16.7. The van der Waals surface area contributed by atoms with Crippen LogP contribution in [0.4, 0.5) is 10.8 Å². The third-order valence-corrected chi connectivity index (χ3v) is 4.60. The molecule has 1 N–H and O–H groups in total. The molecule has 6 heteroatoms. The van der Waals surface area contributed by atoms with E-state index in [2.05, 4.69) is 39.1 Å². The summed E-state index contributed by atoms with van der Waals surface area (Å²) in [7, 11) is 0. The Morgan fingerprint density at radius 2 is 1.79 bits per heavy atom. The van der Waals surface area contributed by atoms with Crippen molar-refractivity contribution in [2.24, 2.45) is 0 Å². The van der Waals surface area contributed by atoms with Crippen LogP contribution < -0.4 is 5.32 Å². The molecule has 122 valence electrons. The molecule has 0 saturated heterocycles. The van der Waals surface area contributed by atoms with Crippen LogP contribution in [0, 0.1) is 13.8 Å². The smallest absolute Gasteiger partial charge is 0.187 e. The van der Waals surface area contributed by atoms with Gasteiger partial charge in [-0.3, -0.25) is 4.40 Å². The summed E-state index contributed by atoms with van der Waals surface area (Å²) in [6.07, 6.45) is 2.03. The largest absolute Gasteiger partial charge is 0.331 e. The number of hydrogen-bond acceptors (Lipinski definition) is 4. The van der Waals surface area contributed by atoms with Crippen LogP contribution in [0.3, 0.4) is 0 Å². The summed E-state index contributed by atoms with van der Waals surface area (Å²) in [4.78, 5) is 9.35. The standard InChI is InChI=1S/C18H16N4S.BrH/c1-12-7-3-4-8-14(12)20-18-21-15(11-23-18)17-13(2)19-16-9-5-6-10-22(16)17;/h3-11H,1-2H3,(H,20,21);1H. The number of imidazole rings is 1. The Kier molecular flexibility index (Phi) is 4.69. The molecule has 0 spiro atoms. The van der Waals surface area contributed by atoms with E-state index in [0.717, 1.165) is 33.5 Å². The van der Waals surface area contributed by atoms with E-state index in [1.807, 2.05) is 43.5 Å². The number of aromatic nitrogens is 3. The molecule has 0 radical (unpaired) electrons. The van der Waals surface area contributed by atoms with Crippen LogP contribution in [0.25, 0.3) is 17.0 Å². The number of benzene rings is 1. The molecule has 0 aliphatic heterocycles. The van der Waals surface area contributed by atoms with Gasteiger partial charge in [-0.2, -0.15) is 0 Å². The van der Waals surface area contributed by atoms with Crippen molar-refractivity contribution in [3.05, 3.63) is 65.3 Å². The van der Waals surface area contributed by atoms with Gasteiger partial charge in [0, 0.05) is 17.3 Å². The normalized spacial score (nSPS) is 10.6. The van der Waals surface area contributed by atoms with Gasteiger partial charge in [0.1, 0.15) is 11.3 Å². The Bertz CT molecular complexity index is 990. The molecule has 4 nitrogen and oxygen atoms in total. The highest BCUT2D eigenvalue weighted by atomic mass is 79.9. The lowest BCUT2D eigenvalue weighted by atomic mass is 10.2. The number of nitrogens with one attached hydrogen (secondary N) is 1. The van der Waals surface area contributed by atoms with Crippen molar-refractivity contribution in [3.63, 3.8) is 0 Å². The third-order valence-electron chi connectivity index (χ3n) is 3.84. The maximum atomic E-state index is 4.75. The van der Waals surface area contributed by atoms with Gasteiger partial charge in [0.15, 0.2) is 5.13 Å². The Balaban J connectivity index is 0.00000169. The molecule has 0 saturated carbocycles. The van der Waals surface area contributed by atoms with E-state index < -0.39 is 0 Å². The van der Waals surface area contributed by atoms with Crippen molar-refractivity contribution in [1.29, 1.82) is 0 Å². The number of anilines is 2. The molecule has 4 rings (SSSR count). The summed E-state index contributed by atoms with van der Waals surface area (Å²) in [6.45, 7) is 4.11. The number of hydrogen-bond donors (Lipinski definition) is 1. The molecule has 3 aromatic heterocycles. The van der Waals surface area contributed by atoms with Gasteiger partial charge in [0.05, 0.1) is 11.4 Å². The van der Waals surface area contributed by atoms with Gasteiger partial charge in [-0.15, -0.1) is 28.3 Å². The van der Waals surface area contributed by atoms with Crippen molar-refractivity contribution in [2.75, 3.05) is 5.32 Å². The van der Waals surface area contributed by atoms with Gasteiger partial charge in [0.25, 0.3) is 0 Å². The van der Waals surface area contributed by atoms with E-state index in [0.29, 0.717) is 0 Å². The average molecular weight is 401 g/mol. The minimum atomic E-state index is 0. The van der Waals surface area contributed by atoms with Gasteiger partial charge in [-0.25, -0.2) is 9.97 Å². The number of aryl methyl sites for hydroxylation is 2. The van der Waals surface area contributed by atoms with Crippen LogP contribution in [0.2, 0.25) is 0 Å². The molecule has 0 aliphatic carbocycles. The van der Waals surface area contributed by atoms with Crippen molar-refractivity contribution in [1.82, 2.24) is 14.4 Å². The zero-order valence-corrected chi connectivity index (χ0v) is 15.9. The molecule has 0 unspecified atom stereocenters. The second-order valence-electron chi connectivity index (χ2n) is 5.45. The molecule has 4 aromatic rings. The van der Waals surface area contributed by atoms with Crippen LogP contribution in [0.1, 0.15) is 11.3 Å². The maximum Gasteiger partial charge on any atom is 0.187 e. The first-order valence-corrected chi connectivity index (χ1v) is 8.32. The highest BCUT2D eigenvalue weighted by Crippen LogP contribution is 2.30. The molecule has 0 bridgehead atoms. The van der Waals surface area contributed by atoms with Crippen LogP contribution in [0.15, 0.2) is 54.0 Å². The molecular weight excluding hydrogens is 384 g/mol. The van der Waals surface area contributed by atoms with Crippen molar-refractivity contribution >= 4 is 44.8 Å². The Hall–Kier alpha value is -2.18. The Morgan fingerprint density at radius 3 is 2.62 bits per heavy atom. The minimum Gasteiger partial charge on any atom is -0.331 e.